The van der Waals surface area contributed by atoms with Gasteiger partial charge in [-0.1, -0.05) is 12.1 Å². The number of carbonyl (C=O) groups excluding carboxylic acids is 1. The Morgan fingerprint density at radius 2 is 1.79 bits per heavy atom. The summed E-state index contributed by atoms with van der Waals surface area (Å²) < 4.78 is 5.42. The van der Waals surface area contributed by atoms with E-state index in [9.17, 15) is 4.79 Å². The lowest BCUT2D eigenvalue weighted by atomic mass is 9.95. The van der Waals surface area contributed by atoms with Gasteiger partial charge in [0.15, 0.2) is 0 Å². The van der Waals surface area contributed by atoms with E-state index in [1.165, 1.54) is 6.33 Å². The van der Waals surface area contributed by atoms with Gasteiger partial charge >= 0.3 is 0 Å². The van der Waals surface area contributed by atoms with E-state index in [1.54, 1.807) is 6.07 Å². The van der Waals surface area contributed by atoms with Gasteiger partial charge in [0.2, 0.25) is 0 Å². The molecule has 1 aromatic carbocycles. The van der Waals surface area contributed by atoms with Crippen molar-refractivity contribution in [2.24, 2.45) is 5.92 Å². The summed E-state index contributed by atoms with van der Waals surface area (Å²) in [6.07, 6.45) is 3.59. The van der Waals surface area contributed by atoms with Crippen molar-refractivity contribution in [3.8, 4) is 11.3 Å². The highest BCUT2D eigenvalue weighted by molar-refractivity contribution is 5.94. The van der Waals surface area contributed by atoms with Crippen molar-refractivity contribution < 1.29 is 9.53 Å². The zero-order valence-electron chi connectivity index (χ0n) is 16.1. The van der Waals surface area contributed by atoms with Crippen LogP contribution in [-0.4, -0.2) is 71.6 Å². The van der Waals surface area contributed by atoms with Gasteiger partial charge in [0.25, 0.3) is 5.91 Å². The Morgan fingerprint density at radius 1 is 1.07 bits per heavy atom. The summed E-state index contributed by atoms with van der Waals surface area (Å²) in [5, 5.41) is 0. The molecule has 0 spiro atoms. The minimum Gasteiger partial charge on any atom is -0.384 e. The van der Waals surface area contributed by atoms with Gasteiger partial charge in [-0.2, -0.15) is 0 Å². The molecule has 0 bridgehead atoms. The number of anilines is 1. The molecular weight excluding hydrogens is 354 g/mol. The second kappa shape index (κ2) is 8.67. The molecule has 2 N–H and O–H groups in total. The molecule has 1 amide bonds. The number of hydrogen-bond donors (Lipinski definition) is 1. The van der Waals surface area contributed by atoms with Crippen LogP contribution in [0.4, 0.5) is 5.82 Å². The Hall–Kier alpha value is -2.51. The maximum Gasteiger partial charge on any atom is 0.253 e. The van der Waals surface area contributed by atoms with Gasteiger partial charge in [0.1, 0.15) is 12.1 Å². The summed E-state index contributed by atoms with van der Waals surface area (Å²) >= 11 is 0. The van der Waals surface area contributed by atoms with Gasteiger partial charge in [0.05, 0.1) is 18.9 Å². The highest BCUT2D eigenvalue weighted by Crippen LogP contribution is 2.22. The molecule has 0 radical (unpaired) electrons. The third kappa shape index (κ3) is 4.48. The van der Waals surface area contributed by atoms with Crippen LogP contribution in [0.3, 0.4) is 0 Å². The lowest BCUT2D eigenvalue weighted by Crippen LogP contribution is -2.44. The van der Waals surface area contributed by atoms with E-state index in [1.807, 2.05) is 29.2 Å². The van der Waals surface area contributed by atoms with Crippen LogP contribution >= 0.6 is 0 Å². The molecule has 0 saturated carbocycles. The summed E-state index contributed by atoms with van der Waals surface area (Å²) in [7, 11) is 0. The second-order valence-electron chi connectivity index (χ2n) is 7.55. The molecule has 0 atom stereocenters. The standard InChI is InChI=1S/C21H27N5O2/c22-20-13-19(23-15-24-20)17-1-3-18(4-2-17)21(27)26-7-5-16(6-8-26)14-25-9-11-28-12-10-25/h1-4,13,15-16H,5-12,14H2,(H2,22,23,24). The number of carbonyl (C=O) groups is 1. The third-order valence-corrected chi connectivity index (χ3v) is 5.64. The molecule has 7 heteroatoms. The zero-order chi connectivity index (χ0) is 19.3. The molecule has 0 unspecified atom stereocenters. The molecule has 28 heavy (non-hydrogen) atoms. The number of piperidine rings is 1. The number of likely N-dealkylation sites (tertiary alicyclic amines) is 1. The first-order chi connectivity index (χ1) is 13.7. The third-order valence-electron chi connectivity index (χ3n) is 5.64. The van der Waals surface area contributed by atoms with E-state index >= 15 is 0 Å². The summed E-state index contributed by atoms with van der Waals surface area (Å²) in [6.45, 7) is 6.54. The van der Waals surface area contributed by atoms with Crippen molar-refractivity contribution in [3.05, 3.63) is 42.2 Å². The number of morpholine rings is 1. The van der Waals surface area contributed by atoms with Crippen LogP contribution in [0.25, 0.3) is 11.3 Å². The first-order valence-electron chi connectivity index (χ1n) is 9.96. The second-order valence-corrected chi connectivity index (χ2v) is 7.55. The number of hydrogen-bond acceptors (Lipinski definition) is 6. The van der Waals surface area contributed by atoms with E-state index in [0.29, 0.717) is 11.7 Å². The van der Waals surface area contributed by atoms with Gasteiger partial charge < -0.3 is 15.4 Å². The number of rotatable bonds is 4. The number of benzene rings is 1. The van der Waals surface area contributed by atoms with E-state index in [4.69, 9.17) is 10.5 Å². The molecule has 2 fully saturated rings. The number of nitrogen functional groups attached to an aromatic ring is 1. The average molecular weight is 381 g/mol. The Morgan fingerprint density at radius 3 is 2.46 bits per heavy atom. The van der Waals surface area contributed by atoms with Gasteiger partial charge in [-0.15, -0.1) is 0 Å². The van der Waals surface area contributed by atoms with Crippen molar-refractivity contribution in [2.75, 3.05) is 51.7 Å². The Bertz CT molecular complexity index is 797. The molecule has 2 aliphatic heterocycles. The largest absolute Gasteiger partial charge is 0.384 e. The predicted molar refractivity (Wildman–Crippen MR) is 108 cm³/mol. The van der Waals surface area contributed by atoms with E-state index in [2.05, 4.69) is 14.9 Å². The molecule has 7 nitrogen and oxygen atoms in total. The zero-order valence-corrected chi connectivity index (χ0v) is 16.1. The maximum atomic E-state index is 12.9. The molecule has 4 rings (SSSR count). The van der Waals surface area contributed by atoms with Crippen LogP contribution in [0.15, 0.2) is 36.7 Å². The first-order valence-corrected chi connectivity index (χ1v) is 9.96. The van der Waals surface area contributed by atoms with Gasteiger partial charge in [-0.05, 0) is 30.9 Å². The molecule has 148 valence electrons. The topological polar surface area (TPSA) is 84.6 Å². The Labute approximate surface area is 165 Å². The van der Waals surface area contributed by atoms with Crippen LogP contribution in [0.1, 0.15) is 23.2 Å². The number of ether oxygens (including phenoxy) is 1. The SMILES string of the molecule is Nc1cc(-c2ccc(C(=O)N3CCC(CN4CCOCC4)CC3)cc2)ncn1. The lowest BCUT2D eigenvalue weighted by Gasteiger charge is -2.36. The molecule has 2 aromatic rings. The van der Waals surface area contributed by atoms with E-state index < -0.39 is 0 Å². The Kier molecular flexibility index (Phi) is 5.83. The van der Waals surface area contributed by atoms with Crippen LogP contribution in [0.2, 0.25) is 0 Å². The van der Waals surface area contributed by atoms with Crippen molar-refractivity contribution >= 4 is 11.7 Å². The molecule has 0 aliphatic carbocycles. The summed E-state index contributed by atoms with van der Waals surface area (Å²) in [4.78, 5) is 25.5. The number of amides is 1. The Balaban J connectivity index is 1.32. The highest BCUT2D eigenvalue weighted by Gasteiger charge is 2.25. The van der Waals surface area contributed by atoms with E-state index in [-0.39, 0.29) is 5.91 Å². The van der Waals surface area contributed by atoms with Crippen molar-refractivity contribution in [3.63, 3.8) is 0 Å². The average Bonchev–Trinajstić information content (AvgIpc) is 2.75. The predicted octanol–water partition coefficient (Wildman–Crippen LogP) is 1.91. The number of aromatic nitrogens is 2. The van der Waals surface area contributed by atoms with Crippen LogP contribution < -0.4 is 5.73 Å². The highest BCUT2D eigenvalue weighted by atomic mass is 16.5. The molecule has 2 saturated heterocycles. The molecule has 1 aromatic heterocycles. The molecule has 2 aliphatic rings. The van der Waals surface area contributed by atoms with Gasteiger partial charge in [-0.25, -0.2) is 9.97 Å². The number of nitrogens with zero attached hydrogens (tertiary/aromatic N) is 4. The van der Waals surface area contributed by atoms with Gasteiger partial charge in [0, 0.05) is 49.9 Å². The smallest absolute Gasteiger partial charge is 0.253 e. The van der Waals surface area contributed by atoms with Crippen LogP contribution in [0, 0.1) is 5.92 Å². The lowest BCUT2D eigenvalue weighted by molar-refractivity contribution is 0.0243. The fourth-order valence-electron chi connectivity index (χ4n) is 3.96. The van der Waals surface area contributed by atoms with Gasteiger partial charge in [-0.3, -0.25) is 9.69 Å². The fourth-order valence-corrected chi connectivity index (χ4v) is 3.96. The van der Waals surface area contributed by atoms with Crippen molar-refractivity contribution in [1.29, 1.82) is 0 Å². The summed E-state index contributed by atoms with van der Waals surface area (Å²) in [6, 6.07) is 9.31. The number of nitrogens with two attached hydrogens (primary N) is 1. The fraction of sp³-hybridized carbons (Fsp3) is 0.476. The van der Waals surface area contributed by atoms with Crippen LogP contribution in [0.5, 0.6) is 0 Å². The molecular formula is C21H27N5O2. The minimum absolute atomic E-state index is 0.110. The van der Waals surface area contributed by atoms with Crippen molar-refractivity contribution in [2.45, 2.75) is 12.8 Å². The minimum atomic E-state index is 0.110. The first kappa shape index (κ1) is 18.8. The van der Waals surface area contributed by atoms with Crippen LogP contribution in [-0.2, 0) is 4.74 Å². The molecule has 3 heterocycles. The normalized spacial score (nSPS) is 18.9. The summed E-state index contributed by atoms with van der Waals surface area (Å²) in [5.41, 5.74) is 8.13. The summed E-state index contributed by atoms with van der Waals surface area (Å²) in [5.74, 6) is 1.22. The quantitative estimate of drug-likeness (QED) is 0.871. The van der Waals surface area contributed by atoms with E-state index in [0.717, 1.165) is 75.6 Å². The monoisotopic (exact) mass is 381 g/mol. The maximum absolute atomic E-state index is 12.9. The van der Waals surface area contributed by atoms with Crippen molar-refractivity contribution in [1.82, 2.24) is 19.8 Å².